The van der Waals surface area contributed by atoms with Crippen LogP contribution in [0.2, 0.25) is 0 Å². The van der Waals surface area contributed by atoms with Gasteiger partial charge in [-0.05, 0) is 0 Å². The van der Waals surface area contributed by atoms with E-state index >= 15 is 8.78 Å². The van der Waals surface area contributed by atoms with Crippen molar-refractivity contribution in [3.8, 4) is 0 Å². The van der Waals surface area contributed by atoms with Gasteiger partial charge in [0.1, 0.15) is 24.4 Å². The zero-order valence-electron chi connectivity index (χ0n) is 22.7. The molecule has 3 aliphatic rings. The Morgan fingerprint density at radius 1 is 0.783 bits per heavy atom. The van der Waals surface area contributed by atoms with Crippen molar-refractivity contribution in [2.24, 2.45) is 0 Å². The van der Waals surface area contributed by atoms with Gasteiger partial charge >= 0.3 is 15.6 Å². The predicted octanol–water partition coefficient (Wildman–Crippen LogP) is -1.09. The molecule has 26 heteroatoms. The summed E-state index contributed by atoms with van der Waals surface area (Å²) in [6.07, 6.45) is -13.4. The number of hydrogen-bond donors (Lipinski definition) is 6. The molecule has 0 saturated carbocycles. The first-order valence-corrected chi connectivity index (χ1v) is 16.1. The molecule has 0 bridgehead atoms. The van der Waals surface area contributed by atoms with E-state index in [1.165, 1.54) is 0 Å². The second kappa shape index (κ2) is 10.9. The van der Waals surface area contributed by atoms with Crippen molar-refractivity contribution in [1.82, 2.24) is 39.0 Å². The van der Waals surface area contributed by atoms with Gasteiger partial charge in [-0.1, -0.05) is 0 Å². The summed E-state index contributed by atoms with van der Waals surface area (Å²) in [5.74, 6) is -0.663. The summed E-state index contributed by atoms with van der Waals surface area (Å²) >= 11 is 0. The molecule has 0 radical (unpaired) electrons. The molecule has 3 saturated heterocycles. The molecule has 0 amide bonds. The lowest BCUT2D eigenvalue weighted by atomic mass is 10.1. The maximum atomic E-state index is 15.9. The number of nitrogens with one attached hydrogen (secondary N) is 2. The number of halogens is 2. The minimum Gasteiger partial charge on any atom is -0.369 e. The van der Waals surface area contributed by atoms with Gasteiger partial charge < -0.3 is 30.7 Å². The number of nitrogen functional groups attached to an aromatic ring is 2. The Bertz CT molecular complexity index is 1910. The number of fused-ring (bicyclic) bond motifs is 4. The predicted molar refractivity (Wildman–Crippen MR) is 144 cm³/mol. The first-order valence-electron chi connectivity index (χ1n) is 13.1. The Labute approximate surface area is 251 Å². The fourth-order valence-corrected chi connectivity index (χ4v) is 7.23. The van der Waals surface area contributed by atoms with Gasteiger partial charge in [-0.2, -0.15) is 9.97 Å². The van der Waals surface area contributed by atoms with Gasteiger partial charge in [0.25, 0.3) is 11.1 Å². The Morgan fingerprint density at radius 3 is 1.57 bits per heavy atom. The molecule has 3 fully saturated rings. The highest BCUT2D eigenvalue weighted by molar-refractivity contribution is 7.47. The maximum Gasteiger partial charge on any atom is 0.472 e. The highest BCUT2D eigenvalue weighted by Crippen LogP contribution is 2.54. The lowest BCUT2D eigenvalue weighted by molar-refractivity contribution is -0.0662. The topological polar surface area (TPSA) is 309 Å². The van der Waals surface area contributed by atoms with Crippen molar-refractivity contribution >= 4 is 49.9 Å². The number of phosphoric ester groups is 2. The second-order valence-electron chi connectivity index (χ2n) is 10.2. The summed E-state index contributed by atoms with van der Waals surface area (Å²) in [4.78, 5) is 65.3. The number of imidazole rings is 2. The van der Waals surface area contributed by atoms with Crippen LogP contribution in [0.3, 0.4) is 0 Å². The van der Waals surface area contributed by atoms with Crippen LogP contribution in [0.1, 0.15) is 12.5 Å². The lowest BCUT2D eigenvalue weighted by Crippen LogP contribution is -2.37. The van der Waals surface area contributed by atoms with Crippen molar-refractivity contribution in [3.63, 3.8) is 0 Å². The molecular formula is C20H22F2N10O12P2. The average Bonchev–Trinajstić information content (AvgIpc) is 3.72. The van der Waals surface area contributed by atoms with E-state index in [2.05, 4.69) is 29.9 Å². The van der Waals surface area contributed by atoms with E-state index in [1.807, 2.05) is 0 Å². The third-order valence-corrected chi connectivity index (χ3v) is 9.27. The molecule has 10 atom stereocenters. The van der Waals surface area contributed by atoms with Gasteiger partial charge in [-0.25, -0.2) is 27.9 Å². The molecule has 6 unspecified atom stereocenters. The molecule has 4 aromatic rings. The van der Waals surface area contributed by atoms with E-state index in [0.29, 0.717) is 0 Å². The molecule has 3 aliphatic heterocycles. The summed E-state index contributed by atoms with van der Waals surface area (Å²) < 4.78 is 91.0. The molecule has 7 heterocycles. The van der Waals surface area contributed by atoms with Gasteiger partial charge in [0.15, 0.2) is 47.1 Å². The van der Waals surface area contributed by atoms with Crippen LogP contribution in [0.5, 0.6) is 0 Å². The van der Waals surface area contributed by atoms with Gasteiger partial charge in [0.2, 0.25) is 11.9 Å². The Hall–Kier alpha value is -3.70. The number of nitrogens with two attached hydrogens (primary N) is 2. The zero-order valence-corrected chi connectivity index (χ0v) is 24.4. The summed E-state index contributed by atoms with van der Waals surface area (Å²) in [7, 11) is -10.4. The zero-order chi connectivity index (χ0) is 32.7. The molecular weight excluding hydrogens is 672 g/mol. The first-order chi connectivity index (χ1) is 21.7. The van der Waals surface area contributed by atoms with Crippen LogP contribution in [0.25, 0.3) is 22.3 Å². The van der Waals surface area contributed by atoms with E-state index in [4.69, 9.17) is 39.0 Å². The Morgan fingerprint density at radius 2 is 1.17 bits per heavy atom. The van der Waals surface area contributed by atoms with Crippen molar-refractivity contribution in [1.29, 1.82) is 0 Å². The Kier molecular flexibility index (Phi) is 7.36. The van der Waals surface area contributed by atoms with Crippen LogP contribution < -0.4 is 22.6 Å². The SMILES string of the molecule is Nc1nc2c(ncn2[C@@H]2O[C@@H]3COP(=O)(O)OC4C(F)[C@H](n5cnc6c(=O)[nH]c(N)nc65)O[C@@H]4COP(=O)(O)OC3C2F)c(=O)[nH]1. The van der Waals surface area contributed by atoms with Crippen molar-refractivity contribution in [2.45, 2.75) is 49.2 Å². The smallest absolute Gasteiger partial charge is 0.369 e. The third kappa shape index (κ3) is 5.31. The number of rotatable bonds is 2. The maximum absolute atomic E-state index is 15.9. The quantitative estimate of drug-likeness (QED) is 0.136. The summed E-state index contributed by atoms with van der Waals surface area (Å²) in [5.41, 5.74) is 8.77. The number of H-pyrrole nitrogens is 2. The van der Waals surface area contributed by atoms with Crippen LogP contribution >= 0.6 is 15.6 Å². The minimum atomic E-state index is -5.22. The summed E-state index contributed by atoms with van der Waals surface area (Å²) in [5, 5.41) is 0. The molecule has 4 aromatic heterocycles. The largest absolute Gasteiger partial charge is 0.472 e. The number of alkyl halides is 2. The fraction of sp³-hybridized carbons (Fsp3) is 0.500. The number of aromatic nitrogens is 8. The first kappa shape index (κ1) is 30.9. The average molecular weight is 694 g/mol. The molecule has 7 rings (SSSR count). The van der Waals surface area contributed by atoms with Crippen molar-refractivity contribution < 1.29 is 55.3 Å². The fourth-order valence-electron chi connectivity index (χ4n) is 5.32. The molecule has 0 aliphatic carbocycles. The highest BCUT2D eigenvalue weighted by atomic mass is 31.2. The second-order valence-corrected chi connectivity index (χ2v) is 13.1. The normalized spacial score (nSPS) is 37.1. The highest BCUT2D eigenvalue weighted by Gasteiger charge is 2.55. The van der Waals surface area contributed by atoms with E-state index in [1.54, 1.807) is 0 Å². The Balaban J connectivity index is 1.18. The number of phosphoric acid groups is 2. The number of aromatic amines is 2. The lowest BCUT2D eigenvalue weighted by Gasteiger charge is -2.27. The van der Waals surface area contributed by atoms with Gasteiger partial charge in [0.05, 0.1) is 25.9 Å². The molecule has 8 N–H and O–H groups in total. The van der Waals surface area contributed by atoms with Crippen molar-refractivity contribution in [3.05, 3.63) is 33.4 Å². The standard InChI is InChI=1S/C20H22F2N10O12P2/c21-7-11-5(41-17(7)31-3-25-9-13(31)27-19(23)29-15(9)33)1-39-45(35,36)44-12-6(2-40-46(37,38)43-11)42-18(8(12)22)32-4-26-10-14(32)28-20(24)30-16(10)34/h3-8,11-12,17-18H,1-2H2,(H,35,36)(H,37,38)(H3,23,27,29,33)(H3,24,28,30,34)/t5-,6-,7?,8?,11?,12?,17-,18-/m1/s1. The van der Waals surface area contributed by atoms with Gasteiger partial charge in [-0.3, -0.25) is 46.8 Å². The van der Waals surface area contributed by atoms with Crippen LogP contribution in [-0.2, 0) is 36.7 Å². The third-order valence-electron chi connectivity index (χ3n) is 7.30. The molecule has 0 aromatic carbocycles. The number of anilines is 2. The molecule has 46 heavy (non-hydrogen) atoms. The van der Waals surface area contributed by atoms with E-state index in [0.717, 1.165) is 21.8 Å². The summed E-state index contributed by atoms with van der Waals surface area (Å²) in [6, 6.07) is 0. The van der Waals surface area contributed by atoms with Crippen LogP contribution in [0, 0.1) is 0 Å². The summed E-state index contributed by atoms with van der Waals surface area (Å²) in [6.45, 7) is -1.98. The monoisotopic (exact) mass is 694 g/mol. The molecule has 0 spiro atoms. The van der Waals surface area contributed by atoms with Gasteiger partial charge in [0, 0.05) is 0 Å². The van der Waals surface area contributed by atoms with E-state index < -0.39 is 89.2 Å². The van der Waals surface area contributed by atoms with E-state index in [9.17, 15) is 28.5 Å². The van der Waals surface area contributed by atoms with Gasteiger partial charge in [-0.15, -0.1) is 0 Å². The van der Waals surface area contributed by atoms with Crippen LogP contribution in [-0.4, -0.2) is 98.8 Å². The number of ether oxygens (including phenoxy) is 2. The van der Waals surface area contributed by atoms with Crippen LogP contribution in [0.15, 0.2) is 22.2 Å². The molecule has 22 nitrogen and oxygen atoms in total. The van der Waals surface area contributed by atoms with Crippen molar-refractivity contribution in [2.75, 3.05) is 24.7 Å². The number of hydrogen-bond acceptors (Lipinski definition) is 16. The van der Waals surface area contributed by atoms with Crippen LogP contribution in [0.4, 0.5) is 20.7 Å². The minimum absolute atomic E-state index is 0.214. The number of nitrogens with zero attached hydrogens (tertiary/aromatic N) is 6. The molecule has 248 valence electrons. The van der Waals surface area contributed by atoms with E-state index in [-0.39, 0.29) is 34.2 Å².